The summed E-state index contributed by atoms with van der Waals surface area (Å²) in [5.41, 5.74) is 0.544. The molecule has 1 aromatic rings. The van der Waals surface area contributed by atoms with E-state index in [1.54, 1.807) is 36.1 Å². The molecule has 0 aliphatic heterocycles. The lowest BCUT2D eigenvalue weighted by atomic mass is 10.2. The van der Waals surface area contributed by atoms with Crippen molar-refractivity contribution in [2.45, 2.75) is 26.8 Å². The van der Waals surface area contributed by atoms with Crippen LogP contribution in [0.25, 0.3) is 0 Å². The molecule has 0 aromatic heterocycles. The summed E-state index contributed by atoms with van der Waals surface area (Å²) >= 11 is 3.31. The molecule has 0 aliphatic carbocycles. The van der Waals surface area contributed by atoms with E-state index in [4.69, 9.17) is 0 Å². The number of nitrogens with zero attached hydrogens (tertiary/aromatic N) is 1. The van der Waals surface area contributed by atoms with Gasteiger partial charge in [-0.05, 0) is 45.0 Å². The first-order valence-electron chi connectivity index (χ1n) is 6.34. The van der Waals surface area contributed by atoms with Crippen LogP contribution in [0.5, 0.6) is 0 Å². The van der Waals surface area contributed by atoms with Crippen molar-refractivity contribution in [3.8, 4) is 0 Å². The molecule has 19 heavy (non-hydrogen) atoms. The van der Waals surface area contributed by atoms with Crippen LogP contribution in [0.3, 0.4) is 0 Å². The van der Waals surface area contributed by atoms with Gasteiger partial charge in [0.05, 0.1) is 0 Å². The average molecular weight is 327 g/mol. The first-order chi connectivity index (χ1) is 8.99. The van der Waals surface area contributed by atoms with Gasteiger partial charge in [-0.3, -0.25) is 9.59 Å². The lowest BCUT2D eigenvalue weighted by molar-refractivity contribution is -0.132. The summed E-state index contributed by atoms with van der Waals surface area (Å²) in [6, 6.07) is 6.51. The summed E-state index contributed by atoms with van der Waals surface area (Å²) in [6.07, 6.45) is 0. The summed E-state index contributed by atoms with van der Waals surface area (Å²) in [4.78, 5) is 25.7. The first-order valence-corrected chi connectivity index (χ1v) is 7.14. The minimum Gasteiger partial charge on any atom is -0.341 e. The van der Waals surface area contributed by atoms with Crippen molar-refractivity contribution in [2.75, 3.05) is 13.1 Å². The lowest BCUT2D eigenvalue weighted by Crippen LogP contribution is -2.46. The van der Waals surface area contributed by atoms with Gasteiger partial charge in [0.2, 0.25) is 5.91 Å². The van der Waals surface area contributed by atoms with Crippen LogP contribution in [0.2, 0.25) is 0 Å². The van der Waals surface area contributed by atoms with E-state index >= 15 is 0 Å². The van der Waals surface area contributed by atoms with E-state index in [0.29, 0.717) is 18.7 Å². The molecule has 1 rings (SSSR count). The van der Waals surface area contributed by atoms with Crippen LogP contribution in [-0.4, -0.2) is 35.8 Å². The van der Waals surface area contributed by atoms with Crippen LogP contribution in [0.4, 0.5) is 0 Å². The quantitative estimate of drug-likeness (QED) is 0.903. The van der Waals surface area contributed by atoms with E-state index in [9.17, 15) is 9.59 Å². The number of amides is 2. The predicted octanol–water partition coefficient (Wildman–Crippen LogP) is 2.44. The number of hydrogen-bond donors (Lipinski definition) is 1. The maximum absolute atomic E-state index is 12.0. The topological polar surface area (TPSA) is 49.4 Å². The first kappa shape index (κ1) is 15.7. The highest BCUT2D eigenvalue weighted by Crippen LogP contribution is 2.10. The summed E-state index contributed by atoms with van der Waals surface area (Å²) in [5.74, 6) is -0.295. The van der Waals surface area contributed by atoms with E-state index in [0.717, 1.165) is 4.47 Å². The molecule has 0 spiro atoms. The number of nitrogens with one attached hydrogen (secondary N) is 1. The largest absolute Gasteiger partial charge is 0.341 e. The molecule has 0 radical (unpaired) electrons. The fourth-order valence-corrected chi connectivity index (χ4v) is 2.02. The Balaban J connectivity index is 2.66. The SMILES string of the molecule is CCN(CC)C(=O)C(C)NC(=O)c1ccc(Br)cc1. The third-order valence-electron chi connectivity index (χ3n) is 2.90. The Hall–Kier alpha value is -1.36. The van der Waals surface area contributed by atoms with Crippen LogP contribution in [0, 0.1) is 0 Å². The Morgan fingerprint density at radius 1 is 1.21 bits per heavy atom. The molecule has 5 heteroatoms. The highest BCUT2D eigenvalue weighted by Gasteiger charge is 2.20. The number of benzene rings is 1. The van der Waals surface area contributed by atoms with Gasteiger partial charge >= 0.3 is 0 Å². The normalized spacial score (nSPS) is 11.8. The molecular formula is C14H19BrN2O2. The third-order valence-corrected chi connectivity index (χ3v) is 3.43. The van der Waals surface area contributed by atoms with Crippen molar-refractivity contribution < 1.29 is 9.59 Å². The second-order valence-corrected chi connectivity index (χ2v) is 5.13. The molecule has 1 unspecified atom stereocenters. The van der Waals surface area contributed by atoms with Crippen LogP contribution in [0.15, 0.2) is 28.7 Å². The van der Waals surface area contributed by atoms with Crippen molar-refractivity contribution in [1.82, 2.24) is 10.2 Å². The highest BCUT2D eigenvalue weighted by molar-refractivity contribution is 9.10. The monoisotopic (exact) mass is 326 g/mol. The zero-order chi connectivity index (χ0) is 14.4. The smallest absolute Gasteiger partial charge is 0.251 e. The van der Waals surface area contributed by atoms with Crippen LogP contribution in [-0.2, 0) is 4.79 Å². The Kier molecular flexibility index (Phi) is 6.02. The average Bonchev–Trinajstić information content (AvgIpc) is 2.40. The van der Waals surface area contributed by atoms with Gasteiger partial charge in [-0.15, -0.1) is 0 Å². The van der Waals surface area contributed by atoms with E-state index in [2.05, 4.69) is 21.2 Å². The molecule has 1 N–H and O–H groups in total. The molecule has 0 aliphatic rings. The van der Waals surface area contributed by atoms with Crippen LogP contribution < -0.4 is 5.32 Å². The third kappa shape index (κ3) is 4.35. The van der Waals surface area contributed by atoms with Gasteiger partial charge in [0.15, 0.2) is 0 Å². The summed E-state index contributed by atoms with van der Waals surface area (Å²) in [6.45, 7) is 6.84. The Morgan fingerprint density at radius 2 is 1.74 bits per heavy atom. The second kappa shape index (κ2) is 7.28. The molecule has 0 bridgehead atoms. The van der Waals surface area contributed by atoms with Crippen molar-refractivity contribution in [3.05, 3.63) is 34.3 Å². The minimum atomic E-state index is -0.518. The highest BCUT2D eigenvalue weighted by atomic mass is 79.9. The van der Waals surface area contributed by atoms with Gasteiger partial charge in [-0.25, -0.2) is 0 Å². The van der Waals surface area contributed by atoms with Gasteiger partial charge in [-0.2, -0.15) is 0 Å². The van der Waals surface area contributed by atoms with Gasteiger partial charge in [0.1, 0.15) is 6.04 Å². The van der Waals surface area contributed by atoms with Gasteiger partial charge in [0, 0.05) is 23.1 Å². The van der Waals surface area contributed by atoms with Crippen LogP contribution in [0.1, 0.15) is 31.1 Å². The van der Waals surface area contributed by atoms with E-state index in [-0.39, 0.29) is 11.8 Å². The van der Waals surface area contributed by atoms with Crippen LogP contribution >= 0.6 is 15.9 Å². The maximum atomic E-state index is 12.0. The van der Waals surface area contributed by atoms with Crippen molar-refractivity contribution >= 4 is 27.7 Å². The molecule has 1 atom stereocenters. The zero-order valence-electron chi connectivity index (χ0n) is 11.4. The molecule has 104 valence electrons. The Bertz CT molecular complexity index is 441. The fraction of sp³-hybridized carbons (Fsp3) is 0.429. The molecule has 2 amide bonds. The molecule has 0 fully saturated rings. The number of carbonyl (C=O) groups is 2. The van der Waals surface area contributed by atoms with E-state index in [1.165, 1.54) is 0 Å². The second-order valence-electron chi connectivity index (χ2n) is 4.21. The molecular weight excluding hydrogens is 308 g/mol. The number of rotatable bonds is 5. The summed E-state index contributed by atoms with van der Waals surface area (Å²) in [5, 5.41) is 2.72. The number of halogens is 1. The van der Waals surface area contributed by atoms with Crippen molar-refractivity contribution in [1.29, 1.82) is 0 Å². The van der Waals surface area contributed by atoms with Gasteiger partial charge in [0.25, 0.3) is 5.91 Å². The van der Waals surface area contributed by atoms with E-state index < -0.39 is 6.04 Å². The Morgan fingerprint density at radius 3 is 2.21 bits per heavy atom. The standard InChI is InChI=1S/C14H19BrN2O2/c1-4-17(5-2)14(19)10(3)16-13(18)11-6-8-12(15)9-7-11/h6-10H,4-5H2,1-3H3,(H,16,18). The predicted molar refractivity (Wildman–Crippen MR) is 79.0 cm³/mol. The van der Waals surface area contributed by atoms with Gasteiger partial charge < -0.3 is 10.2 Å². The summed E-state index contributed by atoms with van der Waals surface area (Å²) in [7, 11) is 0. The lowest BCUT2D eigenvalue weighted by Gasteiger charge is -2.23. The Labute approximate surface area is 122 Å². The molecule has 4 nitrogen and oxygen atoms in total. The number of likely N-dealkylation sites (N-methyl/N-ethyl adjacent to an activating group) is 1. The molecule has 0 saturated heterocycles. The molecule has 0 saturated carbocycles. The fourth-order valence-electron chi connectivity index (χ4n) is 1.75. The number of carbonyl (C=O) groups excluding carboxylic acids is 2. The molecule has 0 heterocycles. The van der Waals surface area contributed by atoms with Gasteiger partial charge in [-0.1, -0.05) is 15.9 Å². The van der Waals surface area contributed by atoms with Crippen molar-refractivity contribution in [3.63, 3.8) is 0 Å². The minimum absolute atomic E-state index is 0.0598. The van der Waals surface area contributed by atoms with Crippen molar-refractivity contribution in [2.24, 2.45) is 0 Å². The summed E-state index contributed by atoms with van der Waals surface area (Å²) < 4.78 is 0.913. The number of hydrogen-bond acceptors (Lipinski definition) is 2. The maximum Gasteiger partial charge on any atom is 0.251 e. The molecule has 1 aromatic carbocycles. The van der Waals surface area contributed by atoms with E-state index in [1.807, 2.05) is 13.8 Å². The zero-order valence-corrected chi connectivity index (χ0v) is 13.0.